The van der Waals surface area contributed by atoms with Crippen LogP contribution < -0.4 is 20.7 Å². The van der Waals surface area contributed by atoms with E-state index < -0.39 is 10.0 Å². The Balaban J connectivity index is 1.20. The molecule has 0 amide bonds. The lowest BCUT2D eigenvalue weighted by molar-refractivity contribution is 0.331. The number of rotatable bonds is 5. The molecule has 2 fully saturated rings. The van der Waals surface area contributed by atoms with Gasteiger partial charge in [-0.15, -0.1) is 0 Å². The van der Waals surface area contributed by atoms with Crippen LogP contribution in [0.5, 0.6) is 5.75 Å². The molecule has 2 saturated heterocycles. The van der Waals surface area contributed by atoms with Crippen molar-refractivity contribution in [1.82, 2.24) is 24.6 Å². The van der Waals surface area contributed by atoms with Crippen molar-refractivity contribution in [3.63, 3.8) is 0 Å². The van der Waals surface area contributed by atoms with Crippen molar-refractivity contribution >= 4 is 21.7 Å². The normalized spacial score (nSPS) is 24.3. The van der Waals surface area contributed by atoms with E-state index in [2.05, 4.69) is 33.2 Å². The molecule has 3 aliphatic heterocycles. The molecule has 2 bridgehead atoms. The van der Waals surface area contributed by atoms with Gasteiger partial charge < -0.3 is 20.7 Å². The number of fused-ring (bicyclic) bond motifs is 4. The van der Waals surface area contributed by atoms with Gasteiger partial charge in [-0.2, -0.15) is 4.31 Å². The summed E-state index contributed by atoms with van der Waals surface area (Å²) >= 11 is 0. The predicted molar refractivity (Wildman–Crippen MR) is 153 cm³/mol. The smallest absolute Gasteiger partial charge is 0.247 e. The first kappa shape index (κ1) is 25.7. The number of nitrogens with two attached hydrogens (primary N) is 1. The first-order valence-electron chi connectivity index (χ1n) is 14.2. The summed E-state index contributed by atoms with van der Waals surface area (Å²) in [6, 6.07) is 7.83. The van der Waals surface area contributed by atoms with Gasteiger partial charge in [0.05, 0.1) is 6.54 Å². The Bertz CT molecular complexity index is 1560. The maximum atomic E-state index is 13.6. The van der Waals surface area contributed by atoms with Crippen LogP contribution >= 0.6 is 0 Å². The van der Waals surface area contributed by atoms with Crippen LogP contribution in [0, 0.1) is 5.92 Å². The van der Waals surface area contributed by atoms with Crippen molar-refractivity contribution in [1.29, 1.82) is 0 Å². The monoisotopic (exact) mass is 561 g/mol. The van der Waals surface area contributed by atoms with Crippen LogP contribution in [0.4, 0.5) is 11.6 Å². The van der Waals surface area contributed by atoms with Crippen LogP contribution in [0.3, 0.4) is 0 Å². The molecule has 0 spiro atoms. The molecule has 3 N–H and O–H groups in total. The predicted octanol–water partition coefficient (Wildman–Crippen LogP) is 2.77. The lowest BCUT2D eigenvalue weighted by Crippen LogP contribution is -2.46. The summed E-state index contributed by atoms with van der Waals surface area (Å²) in [6.07, 6.45) is 8.52. The van der Waals surface area contributed by atoms with Gasteiger partial charge in [0.15, 0.2) is 0 Å². The summed E-state index contributed by atoms with van der Waals surface area (Å²) in [4.78, 5) is 16.0. The Morgan fingerprint density at radius 2 is 2.08 bits per heavy atom. The van der Waals surface area contributed by atoms with E-state index in [0.29, 0.717) is 37.7 Å². The van der Waals surface area contributed by atoms with Crippen molar-refractivity contribution in [2.24, 2.45) is 5.92 Å². The quantitative estimate of drug-likeness (QED) is 0.483. The Morgan fingerprint density at radius 1 is 1.18 bits per heavy atom. The van der Waals surface area contributed by atoms with Gasteiger partial charge in [0.1, 0.15) is 35.2 Å². The third-order valence-electron chi connectivity index (χ3n) is 9.02. The van der Waals surface area contributed by atoms with E-state index in [9.17, 15) is 8.42 Å². The second kappa shape index (κ2) is 9.97. The Morgan fingerprint density at radius 3 is 2.88 bits per heavy atom. The molecule has 0 radical (unpaired) electrons. The first-order chi connectivity index (χ1) is 19.4. The maximum Gasteiger partial charge on any atom is 0.247 e. The third-order valence-corrected chi connectivity index (χ3v) is 11.0. The molecule has 1 aromatic carbocycles. The Labute approximate surface area is 235 Å². The molecule has 40 heavy (non-hydrogen) atoms. The molecule has 4 aliphatic rings. The highest BCUT2D eigenvalue weighted by Gasteiger charge is 2.45. The van der Waals surface area contributed by atoms with E-state index in [0.717, 1.165) is 48.5 Å². The van der Waals surface area contributed by atoms with Gasteiger partial charge in [-0.05, 0) is 55.4 Å². The molecular formula is C29H35N7O3S. The van der Waals surface area contributed by atoms with Crippen LogP contribution in [0.25, 0.3) is 11.1 Å². The average Bonchev–Trinajstić information content (AvgIpc) is 3.55. The molecule has 0 saturated carbocycles. The minimum atomic E-state index is -3.75. The third kappa shape index (κ3) is 4.40. The molecule has 2 aromatic heterocycles. The highest BCUT2D eigenvalue weighted by Crippen LogP contribution is 2.37. The van der Waals surface area contributed by atoms with E-state index in [-0.39, 0.29) is 22.8 Å². The molecule has 11 heteroatoms. The van der Waals surface area contributed by atoms with Crippen molar-refractivity contribution in [2.45, 2.75) is 62.6 Å². The van der Waals surface area contributed by atoms with Crippen molar-refractivity contribution < 1.29 is 13.2 Å². The number of pyridine rings is 1. The number of nitrogens with zero attached hydrogens (tertiary/aromatic N) is 5. The summed E-state index contributed by atoms with van der Waals surface area (Å²) in [5, 5.41) is 3.36. The largest absolute Gasteiger partial charge is 0.491 e. The van der Waals surface area contributed by atoms with Gasteiger partial charge in [0, 0.05) is 60.3 Å². The SMILES string of the molecule is CC[C@H]1CCc2c(ncnc2N2CCOc3ccc(-c4cnc(N)c(S(=O)(=O)N5C[C@@H]6C[C@H]5CN6)c4)cc3C2)C1. The zero-order chi connectivity index (χ0) is 27.4. The minimum absolute atomic E-state index is 0.0302. The molecule has 210 valence electrons. The van der Waals surface area contributed by atoms with Gasteiger partial charge in [-0.3, -0.25) is 0 Å². The number of hydrogen-bond acceptors (Lipinski definition) is 9. The van der Waals surface area contributed by atoms with E-state index in [1.807, 2.05) is 12.1 Å². The Hall–Kier alpha value is -3.28. The zero-order valence-electron chi connectivity index (χ0n) is 22.7. The summed E-state index contributed by atoms with van der Waals surface area (Å²) in [5.74, 6) is 2.54. The molecule has 3 aromatic rings. The van der Waals surface area contributed by atoms with E-state index >= 15 is 0 Å². The number of benzene rings is 1. The van der Waals surface area contributed by atoms with Gasteiger partial charge >= 0.3 is 0 Å². The number of anilines is 2. The van der Waals surface area contributed by atoms with Crippen LogP contribution in [-0.4, -0.2) is 66.0 Å². The van der Waals surface area contributed by atoms with Gasteiger partial charge in [-0.1, -0.05) is 19.4 Å². The second-order valence-electron chi connectivity index (χ2n) is 11.4. The number of nitrogen functional groups attached to an aromatic ring is 1. The van der Waals surface area contributed by atoms with E-state index in [1.54, 1.807) is 22.9 Å². The fourth-order valence-corrected chi connectivity index (χ4v) is 8.51. The summed E-state index contributed by atoms with van der Waals surface area (Å²) < 4.78 is 34.9. The van der Waals surface area contributed by atoms with E-state index in [1.165, 1.54) is 24.1 Å². The molecule has 10 nitrogen and oxygen atoms in total. The molecular weight excluding hydrogens is 526 g/mol. The van der Waals surface area contributed by atoms with Crippen LogP contribution in [0.1, 0.15) is 43.0 Å². The molecule has 3 atom stereocenters. The van der Waals surface area contributed by atoms with Gasteiger partial charge in [0.2, 0.25) is 10.0 Å². The van der Waals surface area contributed by atoms with E-state index in [4.69, 9.17) is 15.5 Å². The number of hydrogen-bond donors (Lipinski definition) is 2. The fourth-order valence-electron chi connectivity index (χ4n) is 6.73. The number of ether oxygens (including phenoxy) is 1. The van der Waals surface area contributed by atoms with Gasteiger partial charge in [-0.25, -0.2) is 23.4 Å². The molecule has 0 unspecified atom stereocenters. The lowest BCUT2D eigenvalue weighted by atomic mass is 9.85. The minimum Gasteiger partial charge on any atom is -0.491 e. The van der Waals surface area contributed by atoms with Crippen molar-refractivity contribution in [3.8, 4) is 16.9 Å². The first-order valence-corrected chi connectivity index (χ1v) is 15.7. The van der Waals surface area contributed by atoms with Crippen LogP contribution in [0.15, 0.2) is 41.7 Å². The lowest BCUT2D eigenvalue weighted by Gasteiger charge is -2.29. The average molecular weight is 562 g/mol. The summed E-state index contributed by atoms with van der Waals surface area (Å²) in [7, 11) is -3.75. The zero-order valence-corrected chi connectivity index (χ0v) is 23.5. The Kier molecular flexibility index (Phi) is 6.40. The highest BCUT2D eigenvalue weighted by atomic mass is 32.2. The molecule has 5 heterocycles. The number of sulfonamides is 1. The second-order valence-corrected chi connectivity index (χ2v) is 13.3. The van der Waals surface area contributed by atoms with Crippen LogP contribution in [-0.2, 0) is 29.4 Å². The van der Waals surface area contributed by atoms with Crippen LogP contribution in [0.2, 0.25) is 0 Å². The van der Waals surface area contributed by atoms with Crippen molar-refractivity contribution in [3.05, 3.63) is 53.6 Å². The number of aromatic nitrogens is 3. The molecule has 1 aliphatic carbocycles. The summed E-state index contributed by atoms with van der Waals surface area (Å²) in [5.41, 5.74) is 11.2. The molecule has 7 rings (SSSR count). The van der Waals surface area contributed by atoms with Crippen molar-refractivity contribution in [2.75, 3.05) is 36.9 Å². The topological polar surface area (TPSA) is 127 Å². The maximum absolute atomic E-state index is 13.6. The summed E-state index contributed by atoms with van der Waals surface area (Å²) in [6.45, 7) is 5.31. The number of nitrogens with one attached hydrogen (secondary N) is 1. The fraction of sp³-hybridized carbons (Fsp3) is 0.483. The standard InChI is InChI=1S/C29H35N7O3S/c1-2-18-3-5-24-25(9-18)33-17-34-29(24)35-7-8-39-26-6-4-19(10-21(26)15-35)20-11-27(28(30)32-13-20)40(37,38)36-16-22-12-23(36)14-31-22/h4,6,10-11,13,17-18,22-23,31H,2-3,5,7-9,12,14-16H2,1H3,(H2,30,32)/t18-,22-,23-/m0/s1. The number of piperazine rings is 1. The highest BCUT2D eigenvalue weighted by molar-refractivity contribution is 7.89. The van der Waals surface area contributed by atoms with Gasteiger partial charge in [0.25, 0.3) is 0 Å².